The molecule has 4 heterocycles. The molecule has 0 radical (unpaired) electrons. The van der Waals surface area contributed by atoms with Gasteiger partial charge in [-0.2, -0.15) is 0 Å². The largest absolute Gasteiger partial charge is 0.497 e. The molecule has 7 nitrogen and oxygen atoms in total. The summed E-state index contributed by atoms with van der Waals surface area (Å²) >= 11 is 6.81. The summed E-state index contributed by atoms with van der Waals surface area (Å²) in [5, 5.41) is 0. The maximum absolute atomic E-state index is 13.7. The van der Waals surface area contributed by atoms with Gasteiger partial charge in [0.1, 0.15) is 21.5 Å². The van der Waals surface area contributed by atoms with Gasteiger partial charge in [-0.05, 0) is 67.5 Å². The molecular weight excluding hydrogens is 504 g/mol. The zero-order valence-electron chi connectivity index (χ0n) is 21.3. The molecule has 9 heteroatoms. The van der Waals surface area contributed by atoms with Gasteiger partial charge in [0, 0.05) is 25.8 Å². The number of amides is 1. The van der Waals surface area contributed by atoms with Crippen molar-refractivity contribution in [2.75, 3.05) is 31.6 Å². The first-order valence-electron chi connectivity index (χ1n) is 12.5. The highest BCUT2D eigenvalue weighted by molar-refractivity contribution is 8.26. The van der Waals surface area contributed by atoms with Crippen LogP contribution < -0.4 is 15.2 Å². The minimum atomic E-state index is -0.175. The number of carbonyl (C=O) groups is 1. The highest BCUT2D eigenvalue weighted by atomic mass is 32.2. The number of nitrogens with zero attached hydrogens (tertiary/aromatic N) is 4. The van der Waals surface area contributed by atoms with Gasteiger partial charge >= 0.3 is 0 Å². The van der Waals surface area contributed by atoms with E-state index in [1.807, 2.05) is 43.3 Å². The first kappa shape index (κ1) is 25.5. The lowest BCUT2D eigenvalue weighted by Gasteiger charge is -2.32. The number of thioether (sulfide) groups is 1. The molecule has 1 amide bonds. The van der Waals surface area contributed by atoms with Gasteiger partial charge in [-0.3, -0.25) is 18.9 Å². The number of hydrogen-bond donors (Lipinski definition) is 0. The molecular formula is C28H30N4O3S2. The van der Waals surface area contributed by atoms with Crippen molar-refractivity contribution in [3.05, 3.63) is 74.5 Å². The fourth-order valence-corrected chi connectivity index (χ4v) is 6.04. The minimum absolute atomic E-state index is 0.171. The number of aryl methyl sites for hydroxylation is 1. The molecule has 1 aromatic carbocycles. The number of hydrogen-bond acceptors (Lipinski definition) is 7. The highest BCUT2D eigenvalue weighted by Crippen LogP contribution is 2.34. The molecule has 37 heavy (non-hydrogen) atoms. The molecule has 2 aliphatic rings. The van der Waals surface area contributed by atoms with Gasteiger partial charge in [-0.25, -0.2) is 4.98 Å². The van der Waals surface area contributed by atoms with Crippen LogP contribution in [0.15, 0.2) is 52.3 Å². The third kappa shape index (κ3) is 5.15. The lowest BCUT2D eigenvalue weighted by atomic mass is 9.99. The summed E-state index contributed by atoms with van der Waals surface area (Å²) in [6.07, 6.45) is 6.19. The summed E-state index contributed by atoms with van der Waals surface area (Å²) in [6.45, 7) is 6.35. The molecule has 5 rings (SSSR count). The number of carbonyl (C=O) groups excluding carboxylic acids is 1. The van der Waals surface area contributed by atoms with Gasteiger partial charge in [0.25, 0.3) is 11.5 Å². The second-order valence-corrected chi connectivity index (χ2v) is 11.3. The topological polar surface area (TPSA) is 67.2 Å². The van der Waals surface area contributed by atoms with Crippen LogP contribution >= 0.6 is 24.0 Å². The third-order valence-electron chi connectivity index (χ3n) is 7.08. The van der Waals surface area contributed by atoms with Crippen LogP contribution in [0.4, 0.5) is 5.82 Å². The van der Waals surface area contributed by atoms with E-state index < -0.39 is 0 Å². The number of aromatic nitrogens is 2. The Balaban J connectivity index is 1.47. The normalized spacial score (nSPS) is 17.9. The van der Waals surface area contributed by atoms with Crippen molar-refractivity contribution in [2.45, 2.75) is 33.1 Å². The Hall–Kier alpha value is -3.17. The average molecular weight is 535 g/mol. The Morgan fingerprint density at radius 2 is 1.89 bits per heavy atom. The van der Waals surface area contributed by atoms with E-state index in [1.54, 1.807) is 28.7 Å². The monoisotopic (exact) mass is 534 g/mol. The van der Waals surface area contributed by atoms with Crippen molar-refractivity contribution in [1.29, 1.82) is 0 Å². The number of rotatable bonds is 6. The summed E-state index contributed by atoms with van der Waals surface area (Å²) in [5.74, 6) is 1.91. The second-order valence-electron chi connectivity index (χ2n) is 9.64. The fourth-order valence-electron chi connectivity index (χ4n) is 4.75. The molecule has 2 saturated heterocycles. The summed E-state index contributed by atoms with van der Waals surface area (Å²) in [5.41, 5.74) is 2.93. The first-order chi connectivity index (χ1) is 17.9. The van der Waals surface area contributed by atoms with Gasteiger partial charge < -0.3 is 9.64 Å². The summed E-state index contributed by atoms with van der Waals surface area (Å²) < 4.78 is 7.30. The van der Waals surface area contributed by atoms with Crippen LogP contribution in [0.1, 0.15) is 36.5 Å². The summed E-state index contributed by atoms with van der Waals surface area (Å²) in [6, 6.07) is 11.6. The molecule has 0 saturated carbocycles. The molecule has 0 unspecified atom stereocenters. The van der Waals surface area contributed by atoms with Crippen molar-refractivity contribution in [2.24, 2.45) is 5.92 Å². The second kappa shape index (κ2) is 10.7. The molecule has 0 spiro atoms. The van der Waals surface area contributed by atoms with Crippen LogP contribution in [-0.2, 0) is 11.2 Å². The van der Waals surface area contributed by atoms with Crippen LogP contribution in [-0.4, -0.2) is 51.3 Å². The number of ether oxygens (including phenoxy) is 1. The van der Waals surface area contributed by atoms with Crippen LogP contribution in [0.3, 0.4) is 0 Å². The van der Waals surface area contributed by atoms with Crippen LogP contribution in [0.5, 0.6) is 5.75 Å². The van der Waals surface area contributed by atoms with E-state index in [2.05, 4.69) is 11.8 Å². The van der Waals surface area contributed by atoms with Gasteiger partial charge in [0.05, 0.1) is 17.6 Å². The lowest BCUT2D eigenvalue weighted by molar-refractivity contribution is -0.122. The maximum atomic E-state index is 13.7. The molecule has 0 atom stereocenters. The molecule has 2 aromatic heterocycles. The molecule has 192 valence electrons. The van der Waals surface area contributed by atoms with E-state index in [0.717, 1.165) is 42.8 Å². The standard InChI is InChI=1S/C28H30N4O3S2/c1-18-10-14-30(15-11-18)25-22(26(33)31-13-4-5-19(2)24(31)29-25)17-23-27(34)32(28(36)37-23)16-12-20-6-8-21(35-3)9-7-20/h4-9,13,17-18H,10-12,14-16H2,1-3H3. The van der Waals surface area contributed by atoms with Crippen LogP contribution in [0.2, 0.25) is 0 Å². The number of anilines is 1. The van der Waals surface area contributed by atoms with E-state index in [0.29, 0.717) is 45.1 Å². The van der Waals surface area contributed by atoms with Crippen molar-refractivity contribution in [1.82, 2.24) is 14.3 Å². The number of methoxy groups -OCH3 is 1. The van der Waals surface area contributed by atoms with Crippen molar-refractivity contribution in [3.63, 3.8) is 0 Å². The number of pyridine rings is 1. The van der Waals surface area contributed by atoms with E-state index in [9.17, 15) is 9.59 Å². The Labute approximate surface area is 226 Å². The number of thiocarbonyl (C=S) groups is 1. The molecule has 2 fully saturated rings. The van der Waals surface area contributed by atoms with Gasteiger partial charge in [-0.1, -0.05) is 49.1 Å². The zero-order chi connectivity index (χ0) is 26.1. The number of fused-ring (bicyclic) bond motifs is 1. The minimum Gasteiger partial charge on any atom is -0.497 e. The molecule has 2 aliphatic heterocycles. The summed E-state index contributed by atoms with van der Waals surface area (Å²) in [4.78, 5) is 36.3. The maximum Gasteiger partial charge on any atom is 0.267 e. The Bertz CT molecular complexity index is 1440. The van der Waals surface area contributed by atoms with Crippen molar-refractivity contribution >= 4 is 51.7 Å². The Morgan fingerprint density at radius 3 is 2.59 bits per heavy atom. The van der Waals surface area contributed by atoms with E-state index in [4.69, 9.17) is 21.9 Å². The predicted molar refractivity (Wildman–Crippen MR) is 153 cm³/mol. The molecule has 3 aromatic rings. The van der Waals surface area contributed by atoms with Gasteiger partial charge in [-0.15, -0.1) is 0 Å². The van der Waals surface area contributed by atoms with Crippen molar-refractivity contribution < 1.29 is 9.53 Å². The van der Waals surface area contributed by atoms with Crippen molar-refractivity contribution in [3.8, 4) is 5.75 Å². The SMILES string of the molecule is COc1ccc(CCN2C(=O)C(=Cc3c(N4CCC(C)CC4)nc4c(C)cccn4c3=O)SC2=S)cc1. The van der Waals surface area contributed by atoms with Crippen LogP contribution in [0, 0.1) is 12.8 Å². The third-order valence-corrected chi connectivity index (χ3v) is 8.46. The number of piperidine rings is 1. The van der Waals surface area contributed by atoms with Gasteiger partial charge in [0.2, 0.25) is 0 Å². The Kier molecular flexibility index (Phi) is 7.35. The Morgan fingerprint density at radius 1 is 1.16 bits per heavy atom. The lowest BCUT2D eigenvalue weighted by Crippen LogP contribution is -2.36. The first-order valence-corrected chi connectivity index (χ1v) is 13.7. The molecule has 0 bridgehead atoms. The van der Waals surface area contributed by atoms with E-state index in [1.165, 1.54) is 11.8 Å². The average Bonchev–Trinajstić information content (AvgIpc) is 3.17. The smallest absolute Gasteiger partial charge is 0.267 e. The predicted octanol–water partition coefficient (Wildman–Crippen LogP) is 4.69. The quantitative estimate of drug-likeness (QED) is 0.336. The summed E-state index contributed by atoms with van der Waals surface area (Å²) in [7, 11) is 1.64. The highest BCUT2D eigenvalue weighted by Gasteiger charge is 2.33. The molecule has 0 aliphatic carbocycles. The van der Waals surface area contributed by atoms with E-state index >= 15 is 0 Å². The zero-order valence-corrected chi connectivity index (χ0v) is 22.9. The van der Waals surface area contributed by atoms with E-state index in [-0.39, 0.29) is 11.5 Å². The fraction of sp³-hybridized carbons (Fsp3) is 0.357. The van der Waals surface area contributed by atoms with Gasteiger partial charge in [0.15, 0.2) is 0 Å². The van der Waals surface area contributed by atoms with Crippen LogP contribution in [0.25, 0.3) is 11.7 Å². The number of benzene rings is 1. The molecule has 0 N–H and O–H groups in total.